The number of anilines is 4. The van der Waals surface area contributed by atoms with Gasteiger partial charge < -0.3 is 53.3 Å². The number of sulfonamides is 1. The van der Waals surface area contributed by atoms with Crippen molar-refractivity contribution in [2.24, 2.45) is 11.3 Å². The van der Waals surface area contributed by atoms with E-state index in [-0.39, 0.29) is 65.8 Å². The first kappa shape index (κ1) is 55.7. The molecule has 5 fully saturated rings. The standard InChI is InChI=1S/C61H72N10O12S/c1-37(2)82-52-8-6-5-7-44(52)51-34-67(33-38-25-54(77-3)60(78-4)63-32-38)20-21-69(51)42-30-61(31-42)15-18-68(19-16-61)41-9-10-45(48(27-41)70-47-14-24-80-36-55(47)83-59-50(70)26-40-11-17-62-57(40)65-59)58(72)66-84(75,76)43-28-49(71(73)74)56-53(29-43)81-35-46(64-56)39-12-22-79-23-13-39/h5-11,17,25-29,32,37,39,42,46-47,51,55,64H,12-16,18-24,30-31,33-36H2,1-4H3,(H,62,65)(H,66,72)/t46-,47-,51-,55-/m0/s1. The summed E-state index contributed by atoms with van der Waals surface area (Å²) < 4.78 is 72.9. The summed E-state index contributed by atoms with van der Waals surface area (Å²) in [5.74, 6) is 1.61. The van der Waals surface area contributed by atoms with Crippen LogP contribution in [0.4, 0.5) is 28.4 Å². The average molecular weight is 1170 g/mol. The highest BCUT2D eigenvalue weighted by Gasteiger charge is 2.51. The number of piperidine rings is 1. The van der Waals surface area contributed by atoms with Gasteiger partial charge in [0.1, 0.15) is 29.8 Å². The zero-order chi connectivity index (χ0) is 57.9. The highest BCUT2D eigenvalue weighted by molar-refractivity contribution is 7.90. The fourth-order valence-electron chi connectivity index (χ4n) is 14.0. The summed E-state index contributed by atoms with van der Waals surface area (Å²) in [6.45, 7) is 11.1. The number of hydrogen-bond acceptors (Lipinski definition) is 19. The highest BCUT2D eigenvalue weighted by atomic mass is 32.2. The maximum Gasteiger partial charge on any atom is 0.297 e. The minimum atomic E-state index is -4.72. The minimum absolute atomic E-state index is 0.0203. The Balaban J connectivity index is 0.769. The Bertz CT molecular complexity index is 3560. The van der Waals surface area contributed by atoms with Gasteiger partial charge in [0.25, 0.3) is 27.5 Å². The number of nitrogens with one attached hydrogen (secondary N) is 3. The van der Waals surface area contributed by atoms with Crippen molar-refractivity contribution < 1.29 is 51.3 Å². The fraction of sp³-hybridized carbons (Fsp3) is 0.492. The summed E-state index contributed by atoms with van der Waals surface area (Å²) in [6.07, 6.45) is 9.42. The molecule has 1 saturated carbocycles. The summed E-state index contributed by atoms with van der Waals surface area (Å²) in [5, 5.41) is 16.7. The molecule has 13 rings (SSSR count). The van der Waals surface area contributed by atoms with Crippen molar-refractivity contribution in [3.8, 4) is 29.0 Å². The number of pyridine rings is 2. The van der Waals surface area contributed by atoms with Crippen LogP contribution in [-0.2, 0) is 26.0 Å². The number of nitro benzene ring substituents is 1. The van der Waals surface area contributed by atoms with Gasteiger partial charge in [-0.3, -0.25) is 24.7 Å². The number of fused-ring (bicyclic) bond motifs is 4. The molecule has 4 atom stereocenters. The molecule has 23 heteroatoms. The lowest BCUT2D eigenvalue weighted by Crippen LogP contribution is -2.59. The van der Waals surface area contributed by atoms with Crippen LogP contribution in [-0.4, -0.2) is 154 Å². The molecule has 0 unspecified atom stereocenters. The number of aromatic nitrogens is 3. The van der Waals surface area contributed by atoms with Crippen LogP contribution in [0.15, 0.2) is 90.1 Å². The summed E-state index contributed by atoms with van der Waals surface area (Å²) >= 11 is 0. The van der Waals surface area contributed by atoms with E-state index in [0.29, 0.717) is 66.8 Å². The quantitative estimate of drug-likeness (QED) is 0.0646. The number of ether oxygens (including phenoxy) is 7. The van der Waals surface area contributed by atoms with Gasteiger partial charge in [0.05, 0.1) is 66.1 Å². The Morgan fingerprint density at radius 1 is 0.917 bits per heavy atom. The van der Waals surface area contributed by atoms with Gasteiger partial charge in [-0.2, -0.15) is 4.98 Å². The van der Waals surface area contributed by atoms with Gasteiger partial charge in [0, 0.05) is 106 Å². The molecule has 22 nitrogen and oxygen atoms in total. The number of aromatic amines is 1. The summed E-state index contributed by atoms with van der Waals surface area (Å²) in [7, 11) is -1.50. The van der Waals surface area contributed by atoms with Gasteiger partial charge in [0.2, 0.25) is 5.88 Å². The number of H-pyrrole nitrogens is 1. The van der Waals surface area contributed by atoms with Crippen LogP contribution in [0.3, 0.4) is 0 Å². The first-order chi connectivity index (χ1) is 40.7. The molecule has 6 aromatic rings. The van der Waals surface area contributed by atoms with E-state index in [2.05, 4.69) is 71.7 Å². The second-order valence-corrected chi connectivity index (χ2v) is 25.4. The van der Waals surface area contributed by atoms with Crippen LogP contribution in [0.25, 0.3) is 11.0 Å². The number of benzene rings is 3. The largest absolute Gasteiger partial charge is 0.491 e. The van der Waals surface area contributed by atoms with E-state index < -0.39 is 37.5 Å². The van der Waals surface area contributed by atoms with Gasteiger partial charge in [-0.25, -0.2) is 18.1 Å². The number of amides is 1. The monoisotopic (exact) mass is 1170 g/mol. The fourth-order valence-corrected chi connectivity index (χ4v) is 15.0. The third kappa shape index (κ3) is 10.8. The van der Waals surface area contributed by atoms with Crippen molar-refractivity contribution in [2.75, 3.05) is 95.1 Å². The molecule has 84 heavy (non-hydrogen) atoms. The van der Waals surface area contributed by atoms with Crippen molar-refractivity contribution in [3.05, 3.63) is 112 Å². The topological polar surface area (TPSA) is 238 Å². The molecule has 0 radical (unpaired) electrons. The van der Waals surface area contributed by atoms with Crippen LogP contribution < -0.4 is 43.5 Å². The molecular weight excluding hydrogens is 1100 g/mol. The lowest BCUT2D eigenvalue weighted by atomic mass is 9.59. The van der Waals surface area contributed by atoms with Crippen LogP contribution in [0.5, 0.6) is 29.0 Å². The lowest BCUT2D eigenvalue weighted by molar-refractivity contribution is -0.384. The van der Waals surface area contributed by atoms with Crippen LogP contribution >= 0.6 is 0 Å². The second-order valence-electron chi connectivity index (χ2n) is 23.7. The van der Waals surface area contributed by atoms with Gasteiger partial charge in [0.15, 0.2) is 17.2 Å². The van der Waals surface area contributed by atoms with Crippen molar-refractivity contribution in [2.45, 2.75) is 107 Å². The van der Waals surface area contributed by atoms with E-state index in [1.165, 1.54) is 11.6 Å². The van der Waals surface area contributed by atoms with Crippen LogP contribution in [0.2, 0.25) is 0 Å². The number of hydrogen-bond donors (Lipinski definition) is 3. The Kier molecular flexibility index (Phi) is 15.2. The predicted molar refractivity (Wildman–Crippen MR) is 314 cm³/mol. The molecule has 3 N–H and O–H groups in total. The van der Waals surface area contributed by atoms with Gasteiger partial charge in [-0.1, -0.05) is 18.2 Å². The number of carbonyl (C=O) groups is 1. The zero-order valence-electron chi connectivity index (χ0n) is 47.8. The molecule has 1 spiro atoms. The van der Waals surface area contributed by atoms with E-state index in [0.717, 1.165) is 106 Å². The SMILES string of the molecule is COc1cc(CN2CCN(C3CC4(CCN(c5ccc(C(=O)NS(=O)(=O)c6cc7c(c([N+](=O)[O-])c6)N[C@H](C6CCOCC6)CO7)c(N6c7cc8cc[nH]c8nc7O[C@H]7COCC[C@@H]76)c5)CC4)C3)[C@H](c3ccccc3OC(C)C)C2)cnc1OC. The van der Waals surface area contributed by atoms with Crippen molar-refractivity contribution in [3.63, 3.8) is 0 Å². The number of methoxy groups -OCH3 is 2. The molecule has 4 saturated heterocycles. The molecular formula is C61H72N10O12S. The molecule has 3 aromatic heterocycles. The van der Waals surface area contributed by atoms with Crippen molar-refractivity contribution in [1.29, 1.82) is 0 Å². The molecule has 0 bridgehead atoms. The van der Waals surface area contributed by atoms with E-state index in [9.17, 15) is 23.3 Å². The summed E-state index contributed by atoms with van der Waals surface area (Å²) in [4.78, 5) is 48.7. The third-order valence-electron chi connectivity index (χ3n) is 18.3. The number of nitrogens with zero attached hydrogens (tertiary/aromatic N) is 7. The van der Waals surface area contributed by atoms with Gasteiger partial charge >= 0.3 is 0 Å². The molecule has 1 aliphatic carbocycles. The maximum atomic E-state index is 15.0. The summed E-state index contributed by atoms with van der Waals surface area (Å²) in [6, 6.07) is 22.1. The predicted octanol–water partition coefficient (Wildman–Crippen LogP) is 8.38. The van der Waals surface area contributed by atoms with Crippen LogP contribution in [0.1, 0.15) is 86.3 Å². The van der Waals surface area contributed by atoms with Crippen molar-refractivity contribution in [1.82, 2.24) is 29.5 Å². The molecule has 1 amide bonds. The Morgan fingerprint density at radius 3 is 2.51 bits per heavy atom. The number of para-hydroxylation sites is 1. The number of piperazine rings is 1. The zero-order valence-corrected chi connectivity index (χ0v) is 48.6. The first-order valence-electron chi connectivity index (χ1n) is 29.3. The van der Waals surface area contributed by atoms with Crippen LogP contribution in [0, 0.1) is 21.4 Å². The number of rotatable bonds is 15. The minimum Gasteiger partial charge on any atom is -0.491 e. The normalized spacial score (nSPS) is 22.9. The lowest BCUT2D eigenvalue weighted by Gasteiger charge is -2.58. The van der Waals surface area contributed by atoms with E-state index >= 15 is 0 Å². The molecule has 444 valence electrons. The van der Waals surface area contributed by atoms with E-state index in [4.69, 9.17) is 38.1 Å². The average Bonchev–Trinajstić information content (AvgIpc) is 1.35. The maximum absolute atomic E-state index is 15.0. The molecule has 3 aromatic carbocycles. The Hall–Kier alpha value is -7.44. The third-order valence-corrected chi connectivity index (χ3v) is 19.6. The van der Waals surface area contributed by atoms with E-state index in [1.54, 1.807) is 26.5 Å². The Labute approximate surface area is 488 Å². The van der Waals surface area contributed by atoms with Gasteiger partial charge in [-0.15, -0.1) is 0 Å². The number of carbonyl (C=O) groups excluding carboxylic acids is 1. The smallest absolute Gasteiger partial charge is 0.297 e. The van der Waals surface area contributed by atoms with E-state index in [1.807, 2.05) is 42.6 Å². The van der Waals surface area contributed by atoms with Crippen molar-refractivity contribution >= 4 is 55.4 Å². The second kappa shape index (κ2) is 22.9. The van der Waals surface area contributed by atoms with Gasteiger partial charge in [-0.05, 0) is 118 Å². The molecule has 6 aliphatic heterocycles. The molecule has 9 heterocycles. The summed E-state index contributed by atoms with van der Waals surface area (Å²) in [5.41, 5.74) is 4.75. The first-order valence-corrected chi connectivity index (χ1v) is 30.8. The molecule has 7 aliphatic rings. The Morgan fingerprint density at radius 2 is 1.73 bits per heavy atom. The number of nitro groups is 1. The highest BCUT2D eigenvalue weighted by Crippen LogP contribution is 2.54.